The van der Waals surface area contributed by atoms with Gasteiger partial charge in [-0.15, -0.1) is 0 Å². The normalized spacial score (nSPS) is 12.0. The zero-order valence-electron chi connectivity index (χ0n) is 8.94. The second-order valence-corrected chi connectivity index (χ2v) is 4.10. The van der Waals surface area contributed by atoms with Crippen LogP contribution in [0.4, 0.5) is 0 Å². The van der Waals surface area contributed by atoms with E-state index in [1.807, 2.05) is 7.05 Å². The molecule has 0 rings (SSSR count). The molecule has 0 saturated carbocycles. The lowest BCUT2D eigenvalue weighted by Crippen LogP contribution is -2.31. The van der Waals surface area contributed by atoms with Gasteiger partial charge in [0.15, 0.2) is 0 Å². The van der Waals surface area contributed by atoms with Crippen molar-refractivity contribution in [2.45, 2.75) is 33.6 Å². The molecule has 2 nitrogen and oxygen atoms in total. The lowest BCUT2D eigenvalue weighted by molar-refractivity contribution is 0.0614. The first-order valence-corrected chi connectivity index (χ1v) is 4.85. The molecular formula is C10H23NO. The summed E-state index contributed by atoms with van der Waals surface area (Å²) < 4.78 is 5.55. The molecule has 0 unspecified atom stereocenters. The third-order valence-electron chi connectivity index (χ3n) is 1.79. The maximum absolute atomic E-state index is 5.55. The highest BCUT2D eigenvalue weighted by atomic mass is 16.5. The minimum absolute atomic E-state index is 0.266. The molecular weight excluding hydrogens is 150 g/mol. The molecule has 0 radical (unpaired) electrons. The fourth-order valence-electron chi connectivity index (χ4n) is 1.12. The Morgan fingerprint density at radius 2 is 2.00 bits per heavy atom. The van der Waals surface area contributed by atoms with Gasteiger partial charge < -0.3 is 10.1 Å². The Balaban J connectivity index is 3.33. The summed E-state index contributed by atoms with van der Waals surface area (Å²) in [5, 5.41) is 3.17. The Kier molecular flexibility index (Phi) is 6.39. The van der Waals surface area contributed by atoms with Crippen LogP contribution in [0.1, 0.15) is 33.6 Å². The Morgan fingerprint density at radius 1 is 1.33 bits per heavy atom. The zero-order valence-corrected chi connectivity index (χ0v) is 8.94. The molecule has 2 heteroatoms. The van der Waals surface area contributed by atoms with E-state index in [1.165, 1.54) is 12.8 Å². The van der Waals surface area contributed by atoms with Gasteiger partial charge in [0.05, 0.1) is 6.61 Å². The van der Waals surface area contributed by atoms with Gasteiger partial charge in [-0.25, -0.2) is 0 Å². The van der Waals surface area contributed by atoms with Gasteiger partial charge in [-0.1, -0.05) is 27.2 Å². The summed E-state index contributed by atoms with van der Waals surface area (Å²) in [6.45, 7) is 9.39. The van der Waals surface area contributed by atoms with Crippen molar-refractivity contribution in [1.82, 2.24) is 5.32 Å². The molecule has 0 aromatic carbocycles. The summed E-state index contributed by atoms with van der Waals surface area (Å²) in [5.41, 5.74) is 0.266. The van der Waals surface area contributed by atoms with Crippen molar-refractivity contribution in [3.8, 4) is 0 Å². The van der Waals surface area contributed by atoms with Gasteiger partial charge in [0, 0.05) is 18.6 Å². The minimum Gasteiger partial charge on any atom is -0.381 e. The van der Waals surface area contributed by atoms with Crippen molar-refractivity contribution in [3.63, 3.8) is 0 Å². The van der Waals surface area contributed by atoms with Crippen molar-refractivity contribution in [2.24, 2.45) is 5.41 Å². The summed E-state index contributed by atoms with van der Waals surface area (Å²) in [6.07, 6.45) is 2.39. The van der Waals surface area contributed by atoms with Gasteiger partial charge in [-0.3, -0.25) is 0 Å². The monoisotopic (exact) mass is 173 g/mol. The SMILES string of the molecule is CCCCOCC(C)(C)CNC. The molecule has 0 aliphatic carbocycles. The van der Waals surface area contributed by atoms with E-state index in [1.54, 1.807) is 0 Å². The summed E-state index contributed by atoms with van der Waals surface area (Å²) >= 11 is 0. The number of rotatable bonds is 7. The number of ether oxygens (including phenoxy) is 1. The van der Waals surface area contributed by atoms with E-state index in [-0.39, 0.29) is 5.41 Å². The molecule has 0 aliphatic rings. The number of hydrogen-bond donors (Lipinski definition) is 1. The molecule has 0 fully saturated rings. The second-order valence-electron chi connectivity index (χ2n) is 4.10. The lowest BCUT2D eigenvalue weighted by Gasteiger charge is -2.23. The molecule has 0 atom stereocenters. The van der Waals surface area contributed by atoms with Crippen molar-refractivity contribution >= 4 is 0 Å². The van der Waals surface area contributed by atoms with E-state index in [9.17, 15) is 0 Å². The van der Waals surface area contributed by atoms with E-state index in [0.29, 0.717) is 0 Å². The van der Waals surface area contributed by atoms with Gasteiger partial charge in [0.25, 0.3) is 0 Å². The smallest absolute Gasteiger partial charge is 0.0529 e. The van der Waals surface area contributed by atoms with Crippen LogP contribution in [-0.4, -0.2) is 26.8 Å². The molecule has 0 aliphatic heterocycles. The van der Waals surface area contributed by atoms with Gasteiger partial charge >= 0.3 is 0 Å². The number of nitrogens with one attached hydrogen (secondary N) is 1. The Morgan fingerprint density at radius 3 is 2.50 bits per heavy atom. The Bertz CT molecular complexity index is 102. The van der Waals surface area contributed by atoms with Crippen LogP contribution in [-0.2, 0) is 4.74 Å². The first-order chi connectivity index (χ1) is 5.62. The van der Waals surface area contributed by atoms with Crippen LogP contribution in [0.5, 0.6) is 0 Å². The summed E-state index contributed by atoms with van der Waals surface area (Å²) in [7, 11) is 1.98. The maximum Gasteiger partial charge on any atom is 0.0529 e. The highest BCUT2D eigenvalue weighted by Gasteiger charge is 2.16. The van der Waals surface area contributed by atoms with Crippen LogP contribution >= 0.6 is 0 Å². The van der Waals surface area contributed by atoms with E-state index < -0.39 is 0 Å². The molecule has 0 aromatic heterocycles. The molecule has 0 aromatic rings. The molecule has 0 saturated heterocycles. The third-order valence-corrected chi connectivity index (χ3v) is 1.79. The predicted molar refractivity (Wildman–Crippen MR) is 53.4 cm³/mol. The minimum atomic E-state index is 0.266. The van der Waals surface area contributed by atoms with Gasteiger partial charge in [-0.05, 0) is 13.5 Å². The molecule has 12 heavy (non-hydrogen) atoms. The molecule has 0 spiro atoms. The molecule has 0 amide bonds. The maximum atomic E-state index is 5.55. The molecule has 74 valence electrons. The highest BCUT2D eigenvalue weighted by molar-refractivity contribution is 4.69. The summed E-state index contributed by atoms with van der Waals surface area (Å²) in [4.78, 5) is 0. The standard InChI is InChI=1S/C10H23NO/c1-5-6-7-12-9-10(2,3)8-11-4/h11H,5-9H2,1-4H3. The summed E-state index contributed by atoms with van der Waals surface area (Å²) in [6, 6.07) is 0. The van der Waals surface area contributed by atoms with Crippen molar-refractivity contribution < 1.29 is 4.74 Å². The third kappa shape index (κ3) is 6.62. The number of unbranched alkanes of at least 4 members (excludes halogenated alkanes) is 1. The van der Waals surface area contributed by atoms with Crippen molar-refractivity contribution in [1.29, 1.82) is 0 Å². The van der Waals surface area contributed by atoms with Gasteiger partial charge in [0.1, 0.15) is 0 Å². The van der Waals surface area contributed by atoms with Crippen LogP contribution in [0.2, 0.25) is 0 Å². The van der Waals surface area contributed by atoms with Crippen molar-refractivity contribution in [3.05, 3.63) is 0 Å². The average molecular weight is 173 g/mol. The van der Waals surface area contributed by atoms with Gasteiger partial charge in [-0.2, -0.15) is 0 Å². The van der Waals surface area contributed by atoms with Crippen LogP contribution in [0.25, 0.3) is 0 Å². The van der Waals surface area contributed by atoms with Crippen LogP contribution in [0.15, 0.2) is 0 Å². The van der Waals surface area contributed by atoms with E-state index in [2.05, 4.69) is 26.1 Å². The Labute approximate surface area is 76.7 Å². The van der Waals surface area contributed by atoms with Gasteiger partial charge in [0.2, 0.25) is 0 Å². The van der Waals surface area contributed by atoms with Crippen LogP contribution in [0, 0.1) is 5.41 Å². The average Bonchev–Trinajstić information content (AvgIpc) is 1.98. The topological polar surface area (TPSA) is 21.3 Å². The van der Waals surface area contributed by atoms with Crippen LogP contribution < -0.4 is 5.32 Å². The molecule has 0 heterocycles. The predicted octanol–water partition coefficient (Wildman–Crippen LogP) is 2.05. The second kappa shape index (κ2) is 6.44. The van der Waals surface area contributed by atoms with Crippen molar-refractivity contribution in [2.75, 3.05) is 26.8 Å². The largest absolute Gasteiger partial charge is 0.381 e. The van der Waals surface area contributed by atoms with Crippen LogP contribution in [0.3, 0.4) is 0 Å². The first-order valence-electron chi connectivity index (χ1n) is 4.85. The lowest BCUT2D eigenvalue weighted by atomic mass is 9.95. The molecule has 0 bridgehead atoms. The molecule has 1 N–H and O–H groups in total. The van der Waals surface area contributed by atoms with E-state index >= 15 is 0 Å². The first kappa shape index (κ1) is 11.9. The van der Waals surface area contributed by atoms with E-state index in [0.717, 1.165) is 19.8 Å². The fourth-order valence-corrected chi connectivity index (χ4v) is 1.12. The summed E-state index contributed by atoms with van der Waals surface area (Å²) in [5.74, 6) is 0. The van der Waals surface area contributed by atoms with E-state index in [4.69, 9.17) is 4.74 Å². The highest BCUT2D eigenvalue weighted by Crippen LogP contribution is 2.13. The zero-order chi connectivity index (χ0) is 9.45. The quantitative estimate of drug-likeness (QED) is 0.595. The Hall–Kier alpha value is -0.0800. The fraction of sp³-hybridized carbons (Fsp3) is 1.00. The number of hydrogen-bond acceptors (Lipinski definition) is 2.